The highest BCUT2D eigenvalue weighted by atomic mass is 35.5. The Morgan fingerprint density at radius 1 is 1.50 bits per heavy atom. The highest BCUT2D eigenvalue weighted by molar-refractivity contribution is 6.32. The molecule has 0 aliphatic heterocycles. The molecular formula is C12H16ClNO2. The monoisotopic (exact) mass is 241 g/mol. The minimum Gasteiger partial charge on any atom is -0.495 e. The lowest BCUT2D eigenvalue weighted by atomic mass is 9.95. The summed E-state index contributed by atoms with van der Waals surface area (Å²) in [6.45, 7) is 3.64. The molecule has 0 radical (unpaired) electrons. The van der Waals surface area contributed by atoms with E-state index in [4.69, 9.17) is 22.1 Å². The summed E-state index contributed by atoms with van der Waals surface area (Å²) in [6, 6.07) is 4.96. The minimum absolute atomic E-state index is 0.0116. The van der Waals surface area contributed by atoms with E-state index in [1.165, 1.54) is 7.11 Å². The molecule has 0 fully saturated rings. The second-order valence-corrected chi connectivity index (χ2v) is 4.85. The molecule has 1 aromatic rings. The standard InChI is InChI=1S/C12H16ClNO2/c1-12(2,14)7-10(15)8-4-5-9(13)11(6-8)16-3/h4-6H,7,14H2,1-3H3. The van der Waals surface area contributed by atoms with E-state index in [-0.39, 0.29) is 12.2 Å². The smallest absolute Gasteiger partial charge is 0.164 e. The van der Waals surface area contributed by atoms with E-state index >= 15 is 0 Å². The van der Waals surface area contributed by atoms with Gasteiger partial charge in [-0.15, -0.1) is 0 Å². The molecule has 88 valence electrons. The van der Waals surface area contributed by atoms with Gasteiger partial charge in [-0.3, -0.25) is 4.79 Å². The molecule has 0 aromatic heterocycles. The van der Waals surface area contributed by atoms with Crippen LogP contribution in [0.3, 0.4) is 0 Å². The average molecular weight is 242 g/mol. The Hall–Kier alpha value is -1.06. The summed E-state index contributed by atoms with van der Waals surface area (Å²) in [5, 5.41) is 0.492. The Labute approximate surface area is 101 Å². The molecule has 0 aliphatic rings. The average Bonchev–Trinajstić information content (AvgIpc) is 2.15. The zero-order chi connectivity index (χ0) is 12.3. The summed E-state index contributed by atoms with van der Waals surface area (Å²) in [5.41, 5.74) is 5.86. The first-order chi connectivity index (χ1) is 7.33. The van der Waals surface area contributed by atoms with Crippen LogP contribution in [0.1, 0.15) is 30.6 Å². The fraction of sp³-hybridized carbons (Fsp3) is 0.417. The topological polar surface area (TPSA) is 52.3 Å². The summed E-state index contributed by atoms with van der Waals surface area (Å²) < 4.78 is 5.05. The van der Waals surface area contributed by atoms with Crippen LogP contribution in [-0.2, 0) is 0 Å². The van der Waals surface area contributed by atoms with E-state index < -0.39 is 5.54 Å². The van der Waals surface area contributed by atoms with Gasteiger partial charge in [0.1, 0.15) is 5.75 Å². The van der Waals surface area contributed by atoms with Gasteiger partial charge in [0.2, 0.25) is 0 Å². The molecular weight excluding hydrogens is 226 g/mol. The van der Waals surface area contributed by atoms with Gasteiger partial charge in [-0.2, -0.15) is 0 Å². The number of hydrogen-bond acceptors (Lipinski definition) is 3. The van der Waals surface area contributed by atoms with Crippen LogP contribution < -0.4 is 10.5 Å². The lowest BCUT2D eigenvalue weighted by Crippen LogP contribution is -2.34. The van der Waals surface area contributed by atoms with Crippen molar-refractivity contribution in [1.29, 1.82) is 0 Å². The number of ether oxygens (including phenoxy) is 1. The summed E-state index contributed by atoms with van der Waals surface area (Å²) >= 11 is 5.87. The number of benzene rings is 1. The fourth-order valence-corrected chi connectivity index (χ4v) is 1.54. The molecule has 0 unspecified atom stereocenters. The Morgan fingerprint density at radius 2 is 2.12 bits per heavy atom. The quantitative estimate of drug-likeness (QED) is 0.825. The third-order valence-electron chi connectivity index (χ3n) is 2.09. The van der Waals surface area contributed by atoms with Crippen LogP contribution >= 0.6 is 11.6 Å². The third-order valence-corrected chi connectivity index (χ3v) is 2.40. The van der Waals surface area contributed by atoms with E-state index in [2.05, 4.69) is 0 Å². The Balaban J connectivity index is 2.93. The molecule has 0 bridgehead atoms. The molecule has 0 saturated heterocycles. The number of carbonyl (C=O) groups excluding carboxylic acids is 1. The molecule has 0 atom stereocenters. The lowest BCUT2D eigenvalue weighted by molar-refractivity contribution is 0.0960. The Morgan fingerprint density at radius 3 is 2.62 bits per heavy atom. The van der Waals surface area contributed by atoms with Gasteiger partial charge in [0.25, 0.3) is 0 Å². The minimum atomic E-state index is -0.510. The maximum Gasteiger partial charge on any atom is 0.164 e. The highest BCUT2D eigenvalue weighted by Crippen LogP contribution is 2.26. The summed E-state index contributed by atoms with van der Waals surface area (Å²) in [4.78, 5) is 11.9. The van der Waals surface area contributed by atoms with Gasteiger partial charge >= 0.3 is 0 Å². The van der Waals surface area contributed by atoms with Gasteiger partial charge in [-0.25, -0.2) is 0 Å². The number of halogens is 1. The van der Waals surface area contributed by atoms with Crippen molar-refractivity contribution in [2.24, 2.45) is 5.73 Å². The number of carbonyl (C=O) groups is 1. The molecule has 2 N–H and O–H groups in total. The van der Waals surface area contributed by atoms with Crippen molar-refractivity contribution in [2.45, 2.75) is 25.8 Å². The molecule has 16 heavy (non-hydrogen) atoms. The Bertz CT molecular complexity index is 396. The number of ketones is 1. The fourth-order valence-electron chi connectivity index (χ4n) is 1.35. The molecule has 1 rings (SSSR count). The maximum absolute atomic E-state index is 11.9. The van der Waals surface area contributed by atoms with E-state index in [0.29, 0.717) is 16.3 Å². The number of nitrogens with two attached hydrogens (primary N) is 1. The molecule has 4 heteroatoms. The zero-order valence-electron chi connectivity index (χ0n) is 9.71. The van der Waals surface area contributed by atoms with Crippen LogP contribution in [-0.4, -0.2) is 18.4 Å². The van der Waals surface area contributed by atoms with Gasteiger partial charge in [-0.05, 0) is 32.0 Å². The highest BCUT2D eigenvalue weighted by Gasteiger charge is 2.18. The van der Waals surface area contributed by atoms with Crippen molar-refractivity contribution >= 4 is 17.4 Å². The van der Waals surface area contributed by atoms with Crippen molar-refractivity contribution in [1.82, 2.24) is 0 Å². The van der Waals surface area contributed by atoms with Gasteiger partial charge in [0.15, 0.2) is 5.78 Å². The van der Waals surface area contributed by atoms with E-state index in [0.717, 1.165) is 0 Å². The number of hydrogen-bond donors (Lipinski definition) is 1. The lowest BCUT2D eigenvalue weighted by Gasteiger charge is -2.17. The van der Waals surface area contributed by atoms with Crippen LogP contribution in [0.5, 0.6) is 5.75 Å². The maximum atomic E-state index is 11.9. The first kappa shape index (κ1) is 13.0. The van der Waals surface area contributed by atoms with E-state index in [9.17, 15) is 4.79 Å². The number of methoxy groups -OCH3 is 1. The van der Waals surface area contributed by atoms with Crippen LogP contribution in [0.15, 0.2) is 18.2 Å². The molecule has 0 aliphatic carbocycles. The molecule has 0 amide bonds. The van der Waals surface area contributed by atoms with Crippen LogP contribution in [0.25, 0.3) is 0 Å². The number of Topliss-reactive ketones (excluding diaryl/α,β-unsaturated/α-hetero) is 1. The molecule has 1 aromatic carbocycles. The molecule has 0 spiro atoms. The summed E-state index contributed by atoms with van der Waals surface area (Å²) in [6.07, 6.45) is 0.289. The van der Waals surface area contributed by atoms with Crippen molar-refractivity contribution in [3.63, 3.8) is 0 Å². The summed E-state index contributed by atoms with van der Waals surface area (Å²) in [5.74, 6) is 0.491. The summed E-state index contributed by atoms with van der Waals surface area (Å²) in [7, 11) is 1.52. The largest absolute Gasteiger partial charge is 0.495 e. The van der Waals surface area contributed by atoms with Crippen LogP contribution in [0, 0.1) is 0 Å². The molecule has 0 saturated carbocycles. The zero-order valence-corrected chi connectivity index (χ0v) is 10.5. The van der Waals surface area contributed by atoms with Crippen molar-refractivity contribution in [3.8, 4) is 5.75 Å². The molecule has 3 nitrogen and oxygen atoms in total. The van der Waals surface area contributed by atoms with Crippen molar-refractivity contribution in [3.05, 3.63) is 28.8 Å². The van der Waals surface area contributed by atoms with E-state index in [1.54, 1.807) is 18.2 Å². The Kier molecular flexibility index (Phi) is 3.94. The van der Waals surface area contributed by atoms with Crippen LogP contribution in [0.2, 0.25) is 5.02 Å². The van der Waals surface area contributed by atoms with Crippen molar-refractivity contribution < 1.29 is 9.53 Å². The van der Waals surface area contributed by atoms with Crippen LogP contribution in [0.4, 0.5) is 0 Å². The number of rotatable bonds is 4. The van der Waals surface area contributed by atoms with Gasteiger partial charge in [-0.1, -0.05) is 11.6 Å². The predicted octanol–water partition coefficient (Wildman–Crippen LogP) is 2.66. The van der Waals surface area contributed by atoms with Gasteiger partial charge in [0.05, 0.1) is 12.1 Å². The normalized spacial score (nSPS) is 11.3. The predicted molar refractivity (Wildman–Crippen MR) is 65.2 cm³/mol. The SMILES string of the molecule is COc1cc(C(=O)CC(C)(C)N)ccc1Cl. The van der Waals surface area contributed by atoms with E-state index in [1.807, 2.05) is 13.8 Å². The second kappa shape index (κ2) is 4.85. The third kappa shape index (κ3) is 3.51. The first-order valence-corrected chi connectivity index (χ1v) is 5.37. The van der Waals surface area contributed by atoms with Crippen molar-refractivity contribution in [2.75, 3.05) is 7.11 Å². The second-order valence-electron chi connectivity index (χ2n) is 4.44. The van der Waals surface area contributed by atoms with Gasteiger partial charge < -0.3 is 10.5 Å². The van der Waals surface area contributed by atoms with Gasteiger partial charge in [0, 0.05) is 17.5 Å². The first-order valence-electron chi connectivity index (χ1n) is 4.99. The molecule has 0 heterocycles.